The normalized spacial score (nSPS) is 20.3. The first-order valence-electron chi connectivity index (χ1n) is 25.6. The van der Waals surface area contributed by atoms with Crippen molar-refractivity contribution in [1.82, 2.24) is 5.32 Å². The summed E-state index contributed by atoms with van der Waals surface area (Å²) in [4.78, 5) is 25.0. The van der Waals surface area contributed by atoms with E-state index < -0.39 is 49.5 Å². The Hall–Kier alpha value is -1.86. The highest BCUT2D eigenvalue weighted by molar-refractivity contribution is 5.76. The molecular weight excluding hydrogens is 787 g/mol. The molecule has 0 aromatic carbocycles. The molecule has 6 N–H and O–H groups in total. The third kappa shape index (κ3) is 31.9. The zero-order valence-corrected chi connectivity index (χ0v) is 39.6. The maximum atomic E-state index is 13.0. The largest absolute Gasteiger partial charge is 0.466 e. The summed E-state index contributed by atoms with van der Waals surface area (Å²) < 4.78 is 16.6. The lowest BCUT2D eigenvalue weighted by molar-refractivity contribution is -0.302. The number of ether oxygens (including phenoxy) is 3. The number of aliphatic hydroxyl groups excluding tert-OH is 5. The van der Waals surface area contributed by atoms with Crippen LogP contribution in [0.1, 0.15) is 226 Å². The van der Waals surface area contributed by atoms with E-state index in [1.807, 2.05) is 6.08 Å². The quantitative estimate of drug-likeness (QED) is 0.0196. The fraction of sp³-hybridized carbons (Fsp3) is 0.882. The summed E-state index contributed by atoms with van der Waals surface area (Å²) in [5, 5.41) is 54.2. The molecule has 1 aliphatic heterocycles. The molecular formula is C51H95NO10. The minimum absolute atomic E-state index is 0.0579. The highest BCUT2D eigenvalue weighted by Crippen LogP contribution is 2.23. The van der Waals surface area contributed by atoms with Crippen molar-refractivity contribution in [3.8, 4) is 0 Å². The lowest BCUT2D eigenvalue weighted by Gasteiger charge is -2.40. The number of amides is 1. The molecule has 0 saturated carbocycles. The fourth-order valence-corrected chi connectivity index (χ4v) is 7.90. The van der Waals surface area contributed by atoms with Crippen LogP contribution in [0, 0.1) is 0 Å². The van der Waals surface area contributed by atoms with Gasteiger partial charge in [0, 0.05) is 12.8 Å². The minimum Gasteiger partial charge on any atom is -0.466 e. The van der Waals surface area contributed by atoms with Crippen molar-refractivity contribution >= 4 is 11.9 Å². The summed E-state index contributed by atoms with van der Waals surface area (Å²) in [5.41, 5.74) is 0. The van der Waals surface area contributed by atoms with Crippen molar-refractivity contribution in [2.24, 2.45) is 0 Å². The molecule has 7 unspecified atom stereocenters. The van der Waals surface area contributed by atoms with Crippen LogP contribution in [0.5, 0.6) is 0 Å². The summed E-state index contributed by atoms with van der Waals surface area (Å²) in [6.07, 6.45) is 36.8. The van der Waals surface area contributed by atoms with Crippen LogP contribution in [0.3, 0.4) is 0 Å². The van der Waals surface area contributed by atoms with E-state index in [0.717, 1.165) is 89.9 Å². The number of nitrogens with one attached hydrogen (secondary N) is 1. The van der Waals surface area contributed by atoms with E-state index in [4.69, 9.17) is 14.2 Å². The molecule has 1 saturated heterocycles. The number of rotatable bonds is 43. The Labute approximate surface area is 378 Å². The van der Waals surface area contributed by atoms with Crippen LogP contribution in [0.2, 0.25) is 0 Å². The van der Waals surface area contributed by atoms with Gasteiger partial charge in [-0.15, -0.1) is 0 Å². The van der Waals surface area contributed by atoms with E-state index in [-0.39, 0.29) is 18.5 Å². The van der Waals surface area contributed by atoms with E-state index in [0.29, 0.717) is 19.4 Å². The number of carbonyl (C=O) groups excluding carboxylic acids is 2. The van der Waals surface area contributed by atoms with Crippen LogP contribution >= 0.6 is 0 Å². The van der Waals surface area contributed by atoms with Crippen molar-refractivity contribution in [2.75, 3.05) is 19.8 Å². The first kappa shape index (κ1) is 58.2. The van der Waals surface area contributed by atoms with Crippen LogP contribution in [0.25, 0.3) is 0 Å². The molecule has 11 heteroatoms. The van der Waals surface area contributed by atoms with Crippen LogP contribution in [0.4, 0.5) is 0 Å². The van der Waals surface area contributed by atoms with Crippen molar-refractivity contribution in [3.05, 3.63) is 24.3 Å². The number of unbranched alkanes of at least 4 members (excludes halogenated alkanes) is 27. The van der Waals surface area contributed by atoms with Crippen molar-refractivity contribution in [3.63, 3.8) is 0 Å². The summed E-state index contributed by atoms with van der Waals surface area (Å²) >= 11 is 0. The van der Waals surface area contributed by atoms with Crippen LogP contribution in [-0.2, 0) is 23.8 Å². The molecule has 364 valence electrons. The zero-order valence-electron chi connectivity index (χ0n) is 39.6. The van der Waals surface area contributed by atoms with Gasteiger partial charge in [-0.05, 0) is 57.8 Å². The number of esters is 1. The van der Waals surface area contributed by atoms with E-state index >= 15 is 0 Å². The number of hydrogen-bond donors (Lipinski definition) is 6. The Morgan fingerprint density at radius 1 is 0.581 bits per heavy atom. The van der Waals surface area contributed by atoms with Crippen molar-refractivity contribution in [1.29, 1.82) is 0 Å². The zero-order chi connectivity index (χ0) is 45.3. The molecule has 7 atom stereocenters. The molecule has 11 nitrogen and oxygen atoms in total. The number of carbonyl (C=O) groups is 2. The van der Waals surface area contributed by atoms with Crippen molar-refractivity contribution in [2.45, 2.75) is 269 Å². The lowest BCUT2D eigenvalue weighted by Crippen LogP contribution is -2.60. The Morgan fingerprint density at radius 2 is 1.03 bits per heavy atom. The molecule has 1 heterocycles. The summed E-state index contributed by atoms with van der Waals surface area (Å²) in [6.45, 7) is 4.22. The Balaban J connectivity index is 2.24. The second kappa shape index (κ2) is 41.8. The van der Waals surface area contributed by atoms with Gasteiger partial charge in [0.1, 0.15) is 24.4 Å². The molecule has 1 fully saturated rings. The highest BCUT2D eigenvalue weighted by Gasteiger charge is 2.44. The van der Waals surface area contributed by atoms with E-state index in [1.54, 1.807) is 6.08 Å². The molecule has 0 aromatic rings. The first-order valence-corrected chi connectivity index (χ1v) is 25.6. The van der Waals surface area contributed by atoms with Gasteiger partial charge in [0.05, 0.1) is 32.0 Å². The third-order valence-corrected chi connectivity index (χ3v) is 12.1. The maximum Gasteiger partial charge on any atom is 0.305 e. The molecule has 62 heavy (non-hydrogen) atoms. The SMILES string of the molecule is CCCCCCCCCCCC/C=C/C(O)C(COC1OC(CO)C(O)C(O)C1O)NC(=O)CCCCCCC/C=C\CCCCOC(=O)CCCCCCCCCCCCC. The fourth-order valence-electron chi connectivity index (χ4n) is 7.90. The molecule has 0 spiro atoms. The predicted molar refractivity (Wildman–Crippen MR) is 251 cm³/mol. The standard InChI is InChI=1S/C51H95NO10/c1-3-5-7-9-11-13-15-18-21-25-29-33-37-44(54)43(42-61-51-50(59)49(58)48(57)45(41-53)62-51)52-46(55)38-34-30-26-22-19-16-20-24-28-32-36-40-60-47(56)39-35-31-27-23-17-14-12-10-8-6-4-2/h20,24,33,37,43-45,48-51,53-54,57-59H,3-19,21-23,25-32,34-36,38-42H2,1-2H3,(H,52,55)/b24-20-,37-33+. The van der Waals surface area contributed by atoms with Gasteiger partial charge in [-0.2, -0.15) is 0 Å². The molecule has 0 bridgehead atoms. The average molecular weight is 882 g/mol. The van der Waals surface area contributed by atoms with Gasteiger partial charge < -0.3 is 45.1 Å². The lowest BCUT2D eigenvalue weighted by atomic mass is 9.99. The van der Waals surface area contributed by atoms with E-state index in [1.165, 1.54) is 109 Å². The topological polar surface area (TPSA) is 175 Å². The summed E-state index contributed by atoms with van der Waals surface area (Å²) in [5.74, 6) is -0.269. The number of allylic oxidation sites excluding steroid dienone is 3. The summed E-state index contributed by atoms with van der Waals surface area (Å²) in [6, 6.07) is -0.829. The molecule has 1 aliphatic rings. The van der Waals surface area contributed by atoms with E-state index in [2.05, 4.69) is 31.3 Å². The van der Waals surface area contributed by atoms with Gasteiger partial charge in [0.2, 0.25) is 5.91 Å². The van der Waals surface area contributed by atoms with Gasteiger partial charge >= 0.3 is 5.97 Å². The molecule has 0 aliphatic carbocycles. The monoisotopic (exact) mass is 882 g/mol. The van der Waals surface area contributed by atoms with Crippen LogP contribution < -0.4 is 5.32 Å². The predicted octanol–water partition coefficient (Wildman–Crippen LogP) is 10.2. The Kier molecular flexibility index (Phi) is 39.2. The molecule has 1 rings (SSSR count). The summed E-state index contributed by atoms with van der Waals surface area (Å²) in [7, 11) is 0. The minimum atomic E-state index is -1.58. The number of hydrogen-bond acceptors (Lipinski definition) is 10. The maximum absolute atomic E-state index is 13.0. The molecule has 1 amide bonds. The Morgan fingerprint density at radius 3 is 1.55 bits per heavy atom. The third-order valence-electron chi connectivity index (χ3n) is 12.1. The molecule has 0 radical (unpaired) electrons. The average Bonchev–Trinajstić information content (AvgIpc) is 3.27. The first-order chi connectivity index (χ1) is 30.2. The Bertz CT molecular complexity index is 1090. The van der Waals surface area contributed by atoms with Gasteiger partial charge in [-0.25, -0.2) is 0 Å². The highest BCUT2D eigenvalue weighted by atomic mass is 16.7. The van der Waals surface area contributed by atoms with Crippen LogP contribution in [-0.4, -0.2) is 100 Å². The second-order valence-electron chi connectivity index (χ2n) is 17.9. The van der Waals surface area contributed by atoms with Gasteiger partial charge in [0.15, 0.2) is 6.29 Å². The second-order valence-corrected chi connectivity index (χ2v) is 17.9. The van der Waals surface area contributed by atoms with E-state index in [9.17, 15) is 35.1 Å². The number of aliphatic hydroxyl groups is 5. The molecule has 0 aromatic heterocycles. The van der Waals surface area contributed by atoms with Gasteiger partial charge in [-0.3, -0.25) is 9.59 Å². The van der Waals surface area contributed by atoms with Gasteiger partial charge in [0.25, 0.3) is 0 Å². The van der Waals surface area contributed by atoms with Crippen LogP contribution in [0.15, 0.2) is 24.3 Å². The smallest absolute Gasteiger partial charge is 0.305 e. The van der Waals surface area contributed by atoms with Crippen molar-refractivity contribution < 1.29 is 49.3 Å². The van der Waals surface area contributed by atoms with Gasteiger partial charge in [-0.1, -0.05) is 179 Å².